The largest absolute Gasteiger partial charge is 0.455 e. The fourth-order valence-electron chi connectivity index (χ4n) is 7.92. The summed E-state index contributed by atoms with van der Waals surface area (Å²) in [6.45, 7) is 0. The van der Waals surface area contributed by atoms with Gasteiger partial charge in [-0.25, -0.2) is 15.0 Å². The lowest BCUT2D eigenvalue weighted by atomic mass is 9.98. The van der Waals surface area contributed by atoms with Crippen molar-refractivity contribution in [2.75, 3.05) is 0 Å². The van der Waals surface area contributed by atoms with Crippen LogP contribution in [0.1, 0.15) is 0 Å². The van der Waals surface area contributed by atoms with Crippen molar-refractivity contribution < 1.29 is 4.42 Å². The summed E-state index contributed by atoms with van der Waals surface area (Å²) in [4.78, 5) is 15.6. The molecule has 0 aliphatic carbocycles. The van der Waals surface area contributed by atoms with Gasteiger partial charge in [-0.3, -0.25) is 0 Å². The molecule has 0 fully saturated rings. The van der Waals surface area contributed by atoms with Gasteiger partial charge in [0.2, 0.25) is 0 Å². The number of benzene rings is 9. The molecular formula is C53H33N3O. The van der Waals surface area contributed by atoms with Crippen molar-refractivity contribution in [3.8, 4) is 67.5 Å². The summed E-state index contributed by atoms with van der Waals surface area (Å²) in [6, 6.07) is 69.9. The molecule has 4 heteroatoms. The lowest BCUT2D eigenvalue weighted by molar-refractivity contribution is 0.670. The van der Waals surface area contributed by atoms with Gasteiger partial charge in [0.05, 0.1) is 0 Å². The molecule has 0 spiro atoms. The minimum absolute atomic E-state index is 0.593. The molecule has 57 heavy (non-hydrogen) atoms. The summed E-state index contributed by atoms with van der Waals surface area (Å²) >= 11 is 0. The number of hydrogen-bond donors (Lipinski definition) is 0. The summed E-state index contributed by atoms with van der Waals surface area (Å²) in [5.41, 5.74) is 11.1. The van der Waals surface area contributed by atoms with E-state index in [2.05, 4.69) is 182 Å². The molecule has 0 saturated heterocycles. The molecule has 0 atom stereocenters. The van der Waals surface area contributed by atoms with Gasteiger partial charge in [-0.1, -0.05) is 164 Å². The smallest absolute Gasteiger partial charge is 0.164 e. The fraction of sp³-hybridized carbons (Fsp3) is 0. The lowest BCUT2D eigenvalue weighted by Gasteiger charge is -2.12. The highest BCUT2D eigenvalue weighted by Gasteiger charge is 2.19. The Kier molecular flexibility index (Phi) is 7.78. The van der Waals surface area contributed by atoms with Gasteiger partial charge >= 0.3 is 0 Å². The topological polar surface area (TPSA) is 51.8 Å². The lowest BCUT2D eigenvalue weighted by Crippen LogP contribution is -2.00. The van der Waals surface area contributed by atoms with Crippen molar-refractivity contribution >= 4 is 43.5 Å². The van der Waals surface area contributed by atoms with Crippen LogP contribution in [0, 0.1) is 0 Å². The molecule has 2 aromatic heterocycles. The summed E-state index contributed by atoms with van der Waals surface area (Å²) < 4.78 is 6.70. The number of rotatable bonds is 6. The molecule has 266 valence electrons. The molecule has 0 bridgehead atoms. The van der Waals surface area contributed by atoms with Crippen LogP contribution >= 0.6 is 0 Å². The summed E-state index contributed by atoms with van der Waals surface area (Å²) in [5, 5.41) is 6.65. The van der Waals surface area contributed by atoms with Gasteiger partial charge in [0.15, 0.2) is 17.5 Å². The first kappa shape index (κ1) is 32.7. The van der Waals surface area contributed by atoms with Crippen LogP contribution in [0.4, 0.5) is 0 Å². The van der Waals surface area contributed by atoms with Gasteiger partial charge in [-0.15, -0.1) is 0 Å². The summed E-state index contributed by atoms with van der Waals surface area (Å²) in [6.07, 6.45) is 0. The molecule has 0 saturated carbocycles. The molecule has 0 N–H and O–H groups in total. The Bertz CT molecular complexity index is 3260. The third kappa shape index (κ3) is 6.01. The highest BCUT2D eigenvalue weighted by molar-refractivity contribution is 6.14. The van der Waals surface area contributed by atoms with Crippen molar-refractivity contribution in [3.05, 3.63) is 200 Å². The predicted octanol–water partition coefficient (Wildman–Crippen LogP) is 14.1. The zero-order chi connectivity index (χ0) is 37.7. The second-order valence-electron chi connectivity index (χ2n) is 14.5. The number of hydrogen-bond acceptors (Lipinski definition) is 4. The Morgan fingerprint density at radius 1 is 0.281 bits per heavy atom. The van der Waals surface area contributed by atoms with Gasteiger partial charge in [0.25, 0.3) is 0 Å². The van der Waals surface area contributed by atoms with Gasteiger partial charge in [0, 0.05) is 33.0 Å². The number of aromatic nitrogens is 3. The first-order valence-electron chi connectivity index (χ1n) is 19.2. The Morgan fingerprint density at radius 3 is 1.40 bits per heavy atom. The van der Waals surface area contributed by atoms with Gasteiger partial charge in [-0.2, -0.15) is 0 Å². The van der Waals surface area contributed by atoms with Crippen LogP contribution < -0.4 is 0 Å². The molecule has 0 radical (unpaired) electrons. The van der Waals surface area contributed by atoms with E-state index >= 15 is 0 Å². The normalized spacial score (nSPS) is 11.5. The highest BCUT2D eigenvalue weighted by atomic mass is 16.3. The van der Waals surface area contributed by atoms with Crippen molar-refractivity contribution in [3.63, 3.8) is 0 Å². The quantitative estimate of drug-likeness (QED) is 0.171. The number of fused-ring (bicyclic) bond motifs is 5. The number of nitrogens with zero attached hydrogens (tertiary/aromatic N) is 3. The van der Waals surface area contributed by atoms with Crippen molar-refractivity contribution in [2.45, 2.75) is 0 Å². The first-order valence-corrected chi connectivity index (χ1v) is 19.2. The van der Waals surface area contributed by atoms with E-state index in [0.29, 0.717) is 17.5 Å². The predicted molar refractivity (Wildman–Crippen MR) is 235 cm³/mol. The highest BCUT2D eigenvalue weighted by Crippen LogP contribution is 2.41. The maximum atomic E-state index is 6.70. The molecule has 11 aromatic rings. The maximum absolute atomic E-state index is 6.70. The Morgan fingerprint density at radius 2 is 0.737 bits per heavy atom. The average molecular weight is 728 g/mol. The minimum atomic E-state index is 0.593. The SMILES string of the molecule is c1ccc(-c2ccc(-c3nc(-c4ccc5cc(-c6ccccc6)ccc5c4)nc(-c4cc(-c5ccccc5)c5oc6cc7ccccc7cc6c5c4)n3)cc2)cc1. The summed E-state index contributed by atoms with van der Waals surface area (Å²) in [7, 11) is 0. The van der Waals surface area contributed by atoms with E-state index < -0.39 is 0 Å². The van der Waals surface area contributed by atoms with Gasteiger partial charge in [0.1, 0.15) is 11.2 Å². The van der Waals surface area contributed by atoms with Crippen LogP contribution in [-0.4, -0.2) is 15.0 Å². The molecular weight excluding hydrogens is 695 g/mol. The van der Waals surface area contributed by atoms with Gasteiger partial charge < -0.3 is 4.42 Å². The molecule has 9 aromatic carbocycles. The monoisotopic (exact) mass is 727 g/mol. The van der Waals surface area contributed by atoms with E-state index in [9.17, 15) is 0 Å². The van der Waals surface area contributed by atoms with E-state index in [0.717, 1.165) is 82.4 Å². The Labute approximate surface area is 329 Å². The second kappa shape index (κ2) is 13.6. The van der Waals surface area contributed by atoms with Crippen molar-refractivity contribution in [1.29, 1.82) is 0 Å². The third-order valence-electron chi connectivity index (χ3n) is 10.9. The zero-order valence-electron chi connectivity index (χ0n) is 30.8. The van der Waals surface area contributed by atoms with Crippen LogP contribution in [0.2, 0.25) is 0 Å². The van der Waals surface area contributed by atoms with Crippen LogP contribution in [0.15, 0.2) is 205 Å². The van der Waals surface area contributed by atoms with Crippen LogP contribution in [0.5, 0.6) is 0 Å². The van der Waals surface area contributed by atoms with E-state index in [4.69, 9.17) is 19.4 Å². The molecule has 0 aliphatic heterocycles. The molecule has 0 aliphatic rings. The number of furan rings is 1. The summed E-state index contributed by atoms with van der Waals surface area (Å²) in [5.74, 6) is 1.81. The van der Waals surface area contributed by atoms with E-state index in [1.165, 1.54) is 11.1 Å². The van der Waals surface area contributed by atoms with Crippen molar-refractivity contribution in [1.82, 2.24) is 15.0 Å². The Hall–Kier alpha value is -7.69. The van der Waals surface area contributed by atoms with Crippen LogP contribution in [0.3, 0.4) is 0 Å². The molecule has 0 unspecified atom stereocenters. The fourth-order valence-corrected chi connectivity index (χ4v) is 7.92. The maximum Gasteiger partial charge on any atom is 0.164 e. The second-order valence-corrected chi connectivity index (χ2v) is 14.5. The third-order valence-corrected chi connectivity index (χ3v) is 10.9. The van der Waals surface area contributed by atoms with Crippen molar-refractivity contribution in [2.24, 2.45) is 0 Å². The Balaban J connectivity index is 1.11. The standard InChI is InChI=1S/C53H33N3O/c1-4-12-34(13-5-1)36-20-22-38(23-21-36)51-54-52(44-27-26-42-28-41(24-25-43(42)29-44)35-14-6-2-7-15-35)56-53(55-51)45-31-46(37-16-8-3-9-17-37)50-48(32-45)47-30-39-18-10-11-19-40(39)33-49(47)57-50/h1-33H. The van der Waals surface area contributed by atoms with Crippen LogP contribution in [0.25, 0.3) is 111 Å². The average Bonchev–Trinajstić information content (AvgIpc) is 3.65. The zero-order valence-corrected chi connectivity index (χ0v) is 30.8. The molecule has 4 nitrogen and oxygen atoms in total. The van der Waals surface area contributed by atoms with Gasteiger partial charge in [-0.05, 0) is 85.8 Å². The molecule has 0 amide bonds. The first-order chi connectivity index (χ1) is 28.2. The van der Waals surface area contributed by atoms with Crippen LogP contribution in [-0.2, 0) is 0 Å². The molecule has 2 heterocycles. The van der Waals surface area contributed by atoms with E-state index in [1.807, 2.05) is 18.2 Å². The van der Waals surface area contributed by atoms with E-state index in [-0.39, 0.29) is 0 Å². The molecule has 11 rings (SSSR count). The minimum Gasteiger partial charge on any atom is -0.455 e. The van der Waals surface area contributed by atoms with E-state index in [1.54, 1.807) is 0 Å².